The van der Waals surface area contributed by atoms with Crippen LogP contribution in [0.4, 0.5) is 4.79 Å². The molecule has 0 unspecified atom stereocenters. The average Bonchev–Trinajstić information content (AvgIpc) is 2.41. The van der Waals surface area contributed by atoms with Crippen molar-refractivity contribution in [1.82, 2.24) is 10.6 Å². The van der Waals surface area contributed by atoms with Gasteiger partial charge in [0, 0.05) is 30.1 Å². The number of carbonyl (C=O) groups excluding carboxylic acids is 1. The van der Waals surface area contributed by atoms with Gasteiger partial charge in [-0.25, -0.2) is 4.79 Å². The van der Waals surface area contributed by atoms with Gasteiger partial charge < -0.3 is 20.5 Å². The summed E-state index contributed by atoms with van der Waals surface area (Å²) in [4.78, 5) is 21.8. The molecule has 1 aromatic rings. The molecule has 0 aliphatic heterocycles. The molecule has 0 radical (unpaired) electrons. The summed E-state index contributed by atoms with van der Waals surface area (Å²) in [5, 5.41) is 14.2. The van der Waals surface area contributed by atoms with E-state index in [0.717, 1.165) is 5.56 Å². The summed E-state index contributed by atoms with van der Waals surface area (Å²) in [6.45, 7) is 0.583. The summed E-state index contributed by atoms with van der Waals surface area (Å²) in [5.74, 6) is -0.239. The molecule has 0 aromatic heterocycles. The molecule has 0 bridgehead atoms. The van der Waals surface area contributed by atoms with Gasteiger partial charge in [-0.05, 0) is 24.6 Å². The molecule has 7 heteroatoms. The van der Waals surface area contributed by atoms with Gasteiger partial charge in [-0.2, -0.15) is 0 Å². The third-order valence-corrected chi connectivity index (χ3v) is 2.77. The van der Waals surface area contributed by atoms with Gasteiger partial charge in [-0.1, -0.05) is 11.6 Å². The van der Waals surface area contributed by atoms with Crippen LogP contribution in [0.25, 0.3) is 0 Å². The fraction of sp³-hybridized carbons (Fsp3) is 0.385. The van der Waals surface area contributed by atoms with Crippen molar-refractivity contribution >= 4 is 23.6 Å². The fourth-order valence-corrected chi connectivity index (χ4v) is 1.76. The number of benzene rings is 1. The second-order valence-corrected chi connectivity index (χ2v) is 4.50. The predicted molar refractivity (Wildman–Crippen MR) is 75.1 cm³/mol. The fourth-order valence-electron chi connectivity index (χ4n) is 1.56. The lowest BCUT2D eigenvalue weighted by Gasteiger charge is -2.11. The molecule has 0 aliphatic rings. The first-order valence-corrected chi connectivity index (χ1v) is 6.46. The first-order valence-electron chi connectivity index (χ1n) is 6.09. The number of hydrogen-bond acceptors (Lipinski definition) is 3. The van der Waals surface area contributed by atoms with Crippen molar-refractivity contribution in [1.29, 1.82) is 0 Å². The molecule has 0 spiro atoms. The molecule has 0 saturated heterocycles. The zero-order chi connectivity index (χ0) is 15.0. The molecular formula is C13H17ClN2O4. The van der Waals surface area contributed by atoms with Crippen molar-refractivity contribution in [3.8, 4) is 5.75 Å². The number of methoxy groups -OCH3 is 1. The number of amides is 2. The Hall–Kier alpha value is -1.95. The van der Waals surface area contributed by atoms with Crippen LogP contribution in [-0.2, 0) is 11.3 Å². The van der Waals surface area contributed by atoms with Gasteiger partial charge in [0.2, 0.25) is 0 Å². The van der Waals surface area contributed by atoms with Crippen molar-refractivity contribution < 1.29 is 19.4 Å². The molecule has 2 amide bonds. The summed E-state index contributed by atoms with van der Waals surface area (Å²) >= 11 is 5.88. The number of halogens is 1. The summed E-state index contributed by atoms with van der Waals surface area (Å²) in [5.41, 5.74) is 0.765. The van der Waals surface area contributed by atoms with Crippen molar-refractivity contribution in [2.45, 2.75) is 19.4 Å². The van der Waals surface area contributed by atoms with E-state index in [1.165, 1.54) is 0 Å². The predicted octanol–water partition coefficient (Wildman–Crippen LogP) is 2.01. The van der Waals surface area contributed by atoms with Crippen LogP contribution >= 0.6 is 11.6 Å². The number of aliphatic carboxylic acids is 1. The Morgan fingerprint density at radius 1 is 1.35 bits per heavy atom. The number of rotatable bonds is 7. The van der Waals surface area contributed by atoms with E-state index >= 15 is 0 Å². The summed E-state index contributed by atoms with van der Waals surface area (Å²) in [6.07, 6.45) is 0.422. The van der Waals surface area contributed by atoms with Crippen LogP contribution in [0.5, 0.6) is 5.75 Å². The SMILES string of the molecule is COc1ccc(Cl)cc1CNC(=O)NCCCC(=O)O. The lowest BCUT2D eigenvalue weighted by atomic mass is 10.2. The van der Waals surface area contributed by atoms with Gasteiger partial charge in [0.05, 0.1) is 7.11 Å². The topological polar surface area (TPSA) is 87.7 Å². The third kappa shape index (κ3) is 5.79. The van der Waals surface area contributed by atoms with Crippen LogP contribution in [0.2, 0.25) is 5.02 Å². The van der Waals surface area contributed by atoms with E-state index in [1.807, 2.05) is 0 Å². The Labute approximate surface area is 122 Å². The van der Waals surface area contributed by atoms with Crippen molar-refractivity contribution in [2.24, 2.45) is 0 Å². The highest BCUT2D eigenvalue weighted by molar-refractivity contribution is 6.30. The lowest BCUT2D eigenvalue weighted by molar-refractivity contribution is -0.137. The van der Waals surface area contributed by atoms with Crippen LogP contribution in [0, 0.1) is 0 Å². The molecule has 0 heterocycles. The van der Waals surface area contributed by atoms with Crippen LogP contribution in [0.15, 0.2) is 18.2 Å². The van der Waals surface area contributed by atoms with Crippen LogP contribution in [0.3, 0.4) is 0 Å². The van der Waals surface area contributed by atoms with Gasteiger partial charge >= 0.3 is 12.0 Å². The zero-order valence-corrected chi connectivity index (χ0v) is 11.9. The highest BCUT2D eigenvalue weighted by Gasteiger charge is 2.06. The third-order valence-electron chi connectivity index (χ3n) is 2.53. The summed E-state index contributed by atoms with van der Waals surface area (Å²) in [6, 6.07) is 4.78. The number of carbonyl (C=O) groups is 2. The Kier molecular flexibility index (Phi) is 6.66. The highest BCUT2D eigenvalue weighted by atomic mass is 35.5. The second kappa shape index (κ2) is 8.27. The van der Waals surface area contributed by atoms with Gasteiger partial charge in [-0.15, -0.1) is 0 Å². The molecule has 0 aliphatic carbocycles. The Morgan fingerprint density at radius 3 is 2.75 bits per heavy atom. The first kappa shape index (κ1) is 16.1. The molecule has 0 fully saturated rings. The molecule has 3 N–H and O–H groups in total. The van der Waals surface area contributed by atoms with E-state index in [0.29, 0.717) is 23.7 Å². The smallest absolute Gasteiger partial charge is 0.315 e. The van der Waals surface area contributed by atoms with E-state index in [1.54, 1.807) is 25.3 Å². The Bertz CT molecular complexity index is 479. The second-order valence-electron chi connectivity index (χ2n) is 4.06. The molecule has 1 aromatic carbocycles. The number of hydrogen-bond donors (Lipinski definition) is 3. The maximum atomic E-state index is 11.5. The molecular weight excluding hydrogens is 284 g/mol. The molecule has 6 nitrogen and oxygen atoms in total. The summed E-state index contributed by atoms with van der Waals surface area (Å²) in [7, 11) is 1.54. The lowest BCUT2D eigenvalue weighted by Crippen LogP contribution is -2.35. The maximum absolute atomic E-state index is 11.5. The number of urea groups is 1. The monoisotopic (exact) mass is 300 g/mol. The van der Waals surface area contributed by atoms with Gasteiger partial charge in [-0.3, -0.25) is 4.79 Å². The zero-order valence-electron chi connectivity index (χ0n) is 11.1. The summed E-state index contributed by atoms with van der Waals surface area (Å²) < 4.78 is 5.16. The van der Waals surface area contributed by atoms with Crippen LogP contribution in [0.1, 0.15) is 18.4 Å². The first-order chi connectivity index (χ1) is 9.52. The quantitative estimate of drug-likeness (QED) is 0.672. The number of ether oxygens (including phenoxy) is 1. The number of nitrogens with one attached hydrogen (secondary N) is 2. The van der Waals surface area contributed by atoms with E-state index in [-0.39, 0.29) is 19.0 Å². The minimum atomic E-state index is -0.879. The molecule has 110 valence electrons. The normalized spacial score (nSPS) is 9.90. The number of carboxylic acid groups (broad SMARTS) is 1. The maximum Gasteiger partial charge on any atom is 0.315 e. The van der Waals surface area contributed by atoms with Gasteiger partial charge in [0.15, 0.2) is 0 Å². The number of carboxylic acids is 1. The van der Waals surface area contributed by atoms with Crippen molar-refractivity contribution in [2.75, 3.05) is 13.7 Å². The van der Waals surface area contributed by atoms with E-state index in [4.69, 9.17) is 21.4 Å². The van der Waals surface area contributed by atoms with E-state index < -0.39 is 5.97 Å². The van der Waals surface area contributed by atoms with Crippen LogP contribution < -0.4 is 15.4 Å². The van der Waals surface area contributed by atoms with Gasteiger partial charge in [0.1, 0.15) is 5.75 Å². The van der Waals surface area contributed by atoms with E-state index in [2.05, 4.69) is 10.6 Å². The Balaban J connectivity index is 2.37. The minimum Gasteiger partial charge on any atom is -0.496 e. The van der Waals surface area contributed by atoms with E-state index in [9.17, 15) is 9.59 Å². The molecule has 1 rings (SSSR count). The molecule has 0 saturated carbocycles. The molecule has 0 atom stereocenters. The molecule has 20 heavy (non-hydrogen) atoms. The van der Waals surface area contributed by atoms with Crippen molar-refractivity contribution in [3.63, 3.8) is 0 Å². The minimum absolute atomic E-state index is 0.0302. The standard InChI is InChI=1S/C13H17ClN2O4/c1-20-11-5-4-10(14)7-9(11)8-16-13(19)15-6-2-3-12(17)18/h4-5,7H,2-3,6,8H2,1H3,(H,17,18)(H2,15,16,19). The van der Waals surface area contributed by atoms with Crippen LogP contribution in [-0.4, -0.2) is 30.8 Å². The highest BCUT2D eigenvalue weighted by Crippen LogP contribution is 2.22. The largest absolute Gasteiger partial charge is 0.496 e. The average molecular weight is 301 g/mol. The Morgan fingerprint density at radius 2 is 2.10 bits per heavy atom. The van der Waals surface area contributed by atoms with Crippen molar-refractivity contribution in [3.05, 3.63) is 28.8 Å². The van der Waals surface area contributed by atoms with Gasteiger partial charge in [0.25, 0.3) is 0 Å².